The third kappa shape index (κ3) is 6.05. The summed E-state index contributed by atoms with van der Waals surface area (Å²) in [5, 5.41) is 8.83. The number of hydrogen-bond donors (Lipinski definition) is 1. The highest BCUT2D eigenvalue weighted by atomic mass is 16.5. The molecule has 0 spiro atoms. The van der Waals surface area contributed by atoms with Crippen molar-refractivity contribution in [1.29, 1.82) is 0 Å². The number of aliphatic carboxylic acids is 1. The van der Waals surface area contributed by atoms with E-state index < -0.39 is 17.9 Å². The summed E-state index contributed by atoms with van der Waals surface area (Å²) in [4.78, 5) is 22.7. The number of unbranched alkanes of at least 4 members (excludes halogenated alkanes) is 1. The van der Waals surface area contributed by atoms with Crippen LogP contribution in [0, 0.1) is 18.3 Å². The van der Waals surface area contributed by atoms with Crippen LogP contribution in [0.2, 0.25) is 0 Å². The van der Waals surface area contributed by atoms with E-state index in [1.165, 1.54) is 0 Å². The van der Waals surface area contributed by atoms with E-state index in [1.54, 1.807) is 0 Å². The standard InChI is InChI=1S/C16H18O4/c1-2-3-5-10-14(11-15(17)18)16(19)20-12-13-8-6-4-7-9-13/h1,4,6-9,14H,3,5,10-12H2,(H,17,18). The molecule has 0 fully saturated rings. The molecule has 1 aromatic carbocycles. The van der Waals surface area contributed by atoms with Crippen LogP contribution in [0.5, 0.6) is 0 Å². The van der Waals surface area contributed by atoms with E-state index >= 15 is 0 Å². The van der Waals surface area contributed by atoms with E-state index in [-0.39, 0.29) is 13.0 Å². The summed E-state index contributed by atoms with van der Waals surface area (Å²) in [5.41, 5.74) is 0.874. The van der Waals surface area contributed by atoms with Crippen LogP contribution in [0.4, 0.5) is 0 Å². The van der Waals surface area contributed by atoms with E-state index in [2.05, 4.69) is 5.92 Å². The maximum absolute atomic E-state index is 11.9. The average molecular weight is 274 g/mol. The summed E-state index contributed by atoms with van der Waals surface area (Å²) >= 11 is 0. The van der Waals surface area contributed by atoms with Crippen molar-refractivity contribution < 1.29 is 19.4 Å². The van der Waals surface area contributed by atoms with Crippen LogP contribution < -0.4 is 0 Å². The lowest BCUT2D eigenvalue weighted by atomic mass is 9.98. The first-order valence-electron chi connectivity index (χ1n) is 6.49. The molecule has 0 saturated carbocycles. The number of esters is 1. The fraction of sp³-hybridized carbons (Fsp3) is 0.375. The van der Waals surface area contributed by atoms with Gasteiger partial charge in [-0.2, -0.15) is 0 Å². The van der Waals surface area contributed by atoms with Gasteiger partial charge >= 0.3 is 11.9 Å². The second kappa shape index (κ2) is 8.76. The Morgan fingerprint density at radius 1 is 1.30 bits per heavy atom. The Morgan fingerprint density at radius 2 is 2.00 bits per heavy atom. The zero-order valence-electron chi connectivity index (χ0n) is 11.2. The Balaban J connectivity index is 2.49. The monoisotopic (exact) mass is 274 g/mol. The van der Waals surface area contributed by atoms with Gasteiger partial charge in [-0.3, -0.25) is 9.59 Å². The number of terminal acetylenes is 1. The van der Waals surface area contributed by atoms with Crippen molar-refractivity contribution in [2.45, 2.75) is 32.3 Å². The average Bonchev–Trinajstić information content (AvgIpc) is 2.44. The summed E-state index contributed by atoms with van der Waals surface area (Å²) in [6.45, 7) is 0.158. The Hall–Kier alpha value is -2.28. The molecule has 106 valence electrons. The van der Waals surface area contributed by atoms with Gasteiger partial charge in [0.05, 0.1) is 12.3 Å². The van der Waals surface area contributed by atoms with Crippen LogP contribution >= 0.6 is 0 Å². The van der Waals surface area contributed by atoms with E-state index in [0.717, 1.165) is 5.56 Å². The molecule has 1 aromatic rings. The molecule has 20 heavy (non-hydrogen) atoms. The van der Waals surface area contributed by atoms with E-state index in [4.69, 9.17) is 16.3 Å². The minimum absolute atomic E-state index is 0.158. The van der Waals surface area contributed by atoms with E-state index in [0.29, 0.717) is 19.3 Å². The van der Waals surface area contributed by atoms with Gasteiger partial charge in [0.2, 0.25) is 0 Å². The van der Waals surface area contributed by atoms with Crippen molar-refractivity contribution in [3.63, 3.8) is 0 Å². The minimum Gasteiger partial charge on any atom is -0.481 e. The number of carbonyl (C=O) groups excluding carboxylic acids is 1. The maximum Gasteiger partial charge on any atom is 0.309 e. The molecular weight excluding hydrogens is 256 g/mol. The van der Waals surface area contributed by atoms with Crippen LogP contribution in [0.3, 0.4) is 0 Å². The Labute approximate surface area is 118 Å². The fourth-order valence-corrected chi connectivity index (χ4v) is 1.81. The van der Waals surface area contributed by atoms with Crippen molar-refractivity contribution in [3.05, 3.63) is 35.9 Å². The number of hydrogen-bond acceptors (Lipinski definition) is 3. The van der Waals surface area contributed by atoms with Gasteiger partial charge in [-0.1, -0.05) is 30.3 Å². The van der Waals surface area contributed by atoms with Gasteiger partial charge in [0.25, 0.3) is 0 Å². The van der Waals surface area contributed by atoms with Crippen LogP contribution in [-0.2, 0) is 20.9 Å². The normalized spacial score (nSPS) is 11.3. The minimum atomic E-state index is -1.01. The van der Waals surface area contributed by atoms with Gasteiger partial charge < -0.3 is 9.84 Å². The molecule has 0 amide bonds. The van der Waals surface area contributed by atoms with E-state index in [1.807, 2.05) is 30.3 Å². The molecule has 1 atom stereocenters. The number of rotatable bonds is 8. The van der Waals surface area contributed by atoms with Crippen LogP contribution in [0.15, 0.2) is 30.3 Å². The Kier molecular flexibility index (Phi) is 6.91. The molecule has 1 rings (SSSR count). The summed E-state index contributed by atoms with van der Waals surface area (Å²) in [6.07, 6.45) is 6.50. The second-order valence-electron chi connectivity index (χ2n) is 4.48. The highest BCUT2D eigenvalue weighted by Gasteiger charge is 2.22. The van der Waals surface area contributed by atoms with Crippen molar-refractivity contribution in [2.75, 3.05) is 0 Å². The van der Waals surface area contributed by atoms with Crippen molar-refractivity contribution in [3.8, 4) is 12.3 Å². The highest BCUT2D eigenvalue weighted by molar-refractivity contribution is 5.79. The zero-order chi connectivity index (χ0) is 14.8. The molecule has 0 aliphatic carbocycles. The first-order valence-corrected chi connectivity index (χ1v) is 6.49. The van der Waals surface area contributed by atoms with Gasteiger partial charge in [0, 0.05) is 6.42 Å². The Bertz CT molecular complexity index is 473. The lowest BCUT2D eigenvalue weighted by Crippen LogP contribution is -2.21. The zero-order valence-corrected chi connectivity index (χ0v) is 11.2. The first-order chi connectivity index (χ1) is 9.63. The molecule has 1 N–H and O–H groups in total. The van der Waals surface area contributed by atoms with Gasteiger partial charge in [0.1, 0.15) is 6.61 Å². The summed E-state index contributed by atoms with van der Waals surface area (Å²) in [6, 6.07) is 9.27. The lowest BCUT2D eigenvalue weighted by molar-refractivity contribution is -0.154. The predicted molar refractivity (Wildman–Crippen MR) is 74.7 cm³/mol. The molecule has 0 saturated heterocycles. The molecule has 1 unspecified atom stereocenters. The quantitative estimate of drug-likeness (QED) is 0.449. The molecular formula is C16H18O4. The third-order valence-electron chi connectivity index (χ3n) is 2.85. The third-order valence-corrected chi connectivity index (χ3v) is 2.85. The molecule has 4 heteroatoms. The molecule has 4 nitrogen and oxygen atoms in total. The maximum atomic E-state index is 11.9. The number of carboxylic acid groups (broad SMARTS) is 1. The number of carboxylic acids is 1. The highest BCUT2D eigenvalue weighted by Crippen LogP contribution is 2.16. The predicted octanol–water partition coefficient (Wildman–Crippen LogP) is 2.62. The molecule has 0 heterocycles. The molecule has 0 aliphatic rings. The van der Waals surface area contributed by atoms with Gasteiger partial charge in [0.15, 0.2) is 0 Å². The second-order valence-corrected chi connectivity index (χ2v) is 4.48. The fourth-order valence-electron chi connectivity index (χ4n) is 1.81. The van der Waals surface area contributed by atoms with E-state index in [9.17, 15) is 9.59 Å². The summed E-state index contributed by atoms with van der Waals surface area (Å²) < 4.78 is 5.17. The Morgan fingerprint density at radius 3 is 2.60 bits per heavy atom. The van der Waals surface area contributed by atoms with Crippen molar-refractivity contribution in [2.24, 2.45) is 5.92 Å². The first kappa shape index (κ1) is 15.8. The molecule has 0 bridgehead atoms. The van der Waals surface area contributed by atoms with Crippen molar-refractivity contribution >= 4 is 11.9 Å². The van der Waals surface area contributed by atoms with Crippen LogP contribution in [0.25, 0.3) is 0 Å². The molecule has 0 aromatic heterocycles. The molecule has 0 radical (unpaired) electrons. The number of carbonyl (C=O) groups is 2. The van der Waals surface area contributed by atoms with Crippen molar-refractivity contribution in [1.82, 2.24) is 0 Å². The van der Waals surface area contributed by atoms with Gasteiger partial charge in [-0.15, -0.1) is 12.3 Å². The summed E-state index contributed by atoms with van der Waals surface area (Å²) in [7, 11) is 0. The number of benzene rings is 1. The van der Waals surface area contributed by atoms with Crippen LogP contribution in [-0.4, -0.2) is 17.0 Å². The lowest BCUT2D eigenvalue weighted by Gasteiger charge is -2.13. The topological polar surface area (TPSA) is 63.6 Å². The SMILES string of the molecule is C#CCCCC(CC(=O)O)C(=O)OCc1ccccc1. The van der Waals surface area contributed by atoms with Gasteiger partial charge in [-0.25, -0.2) is 0 Å². The molecule has 0 aliphatic heterocycles. The van der Waals surface area contributed by atoms with Gasteiger partial charge in [-0.05, 0) is 18.4 Å². The number of ether oxygens (including phenoxy) is 1. The van der Waals surface area contributed by atoms with Crippen LogP contribution in [0.1, 0.15) is 31.2 Å². The summed E-state index contributed by atoms with van der Waals surface area (Å²) in [5.74, 6) is 0.353. The smallest absolute Gasteiger partial charge is 0.309 e. The largest absolute Gasteiger partial charge is 0.481 e.